The Hall–Kier alpha value is -1.61. The Bertz CT molecular complexity index is 565. The minimum absolute atomic E-state index is 0.434. The Kier molecular flexibility index (Phi) is 3.50. The van der Waals surface area contributed by atoms with Gasteiger partial charge in [0.1, 0.15) is 12.1 Å². The smallest absolute Gasteiger partial charge is 0.394 e. The molecule has 1 aliphatic rings. The van der Waals surface area contributed by atoms with Crippen LogP contribution in [0.15, 0.2) is 21.9 Å². The molecule has 1 aromatic heterocycles. The molecule has 1 aromatic rings. The van der Waals surface area contributed by atoms with E-state index in [0.717, 1.165) is 12.3 Å². The summed E-state index contributed by atoms with van der Waals surface area (Å²) in [6.07, 6.45) is -6.62. The van der Waals surface area contributed by atoms with Crippen molar-refractivity contribution >= 4 is 0 Å². The number of aliphatic hydroxyl groups is 1. The topological polar surface area (TPSA) is 84.3 Å². The molecule has 9 heteroatoms. The first-order chi connectivity index (χ1) is 8.82. The third-order valence-electron chi connectivity index (χ3n) is 2.94. The van der Waals surface area contributed by atoms with Crippen LogP contribution < -0.4 is 11.2 Å². The lowest BCUT2D eigenvalue weighted by molar-refractivity contribution is -0.198. The fourth-order valence-corrected chi connectivity index (χ4v) is 2.05. The average Bonchev–Trinajstić information content (AvgIpc) is 2.72. The summed E-state index contributed by atoms with van der Waals surface area (Å²) in [6, 6.07) is 0.935. The number of hydrogen-bond acceptors (Lipinski definition) is 4. The normalized spacial score (nSPS) is 27.7. The fraction of sp³-hybridized carbons (Fsp3) is 0.600. The van der Waals surface area contributed by atoms with Crippen molar-refractivity contribution in [1.29, 1.82) is 0 Å². The van der Waals surface area contributed by atoms with E-state index in [4.69, 9.17) is 9.84 Å². The monoisotopic (exact) mass is 280 g/mol. The molecule has 2 heterocycles. The molecular weight excluding hydrogens is 269 g/mol. The van der Waals surface area contributed by atoms with Crippen LogP contribution in [0.3, 0.4) is 0 Å². The van der Waals surface area contributed by atoms with Gasteiger partial charge in [-0.05, 0) is 6.42 Å². The highest BCUT2D eigenvalue weighted by molar-refractivity contribution is 4.90. The van der Waals surface area contributed by atoms with Crippen LogP contribution in [0.1, 0.15) is 12.6 Å². The zero-order chi connectivity index (χ0) is 14.2. The van der Waals surface area contributed by atoms with E-state index in [1.807, 2.05) is 4.98 Å². The largest absolute Gasteiger partial charge is 0.396 e. The van der Waals surface area contributed by atoms with E-state index in [1.54, 1.807) is 0 Å². The minimum Gasteiger partial charge on any atom is -0.394 e. The molecule has 0 aliphatic carbocycles. The van der Waals surface area contributed by atoms with E-state index in [-0.39, 0.29) is 0 Å². The van der Waals surface area contributed by atoms with E-state index in [1.165, 1.54) is 0 Å². The number of nitrogens with one attached hydrogen (secondary N) is 1. The molecule has 6 nitrogen and oxygen atoms in total. The van der Waals surface area contributed by atoms with Gasteiger partial charge in [0.05, 0.1) is 12.7 Å². The van der Waals surface area contributed by atoms with Crippen LogP contribution in [0.4, 0.5) is 13.2 Å². The Morgan fingerprint density at radius 1 is 1.47 bits per heavy atom. The maximum atomic E-state index is 12.9. The molecule has 0 spiro atoms. The molecule has 3 atom stereocenters. The van der Waals surface area contributed by atoms with Crippen LogP contribution >= 0.6 is 0 Å². The number of rotatable bonds is 2. The number of aliphatic hydroxyl groups excluding tert-OH is 1. The number of halogens is 3. The van der Waals surface area contributed by atoms with Crippen molar-refractivity contribution in [2.75, 3.05) is 6.61 Å². The molecule has 0 saturated carbocycles. The number of H-pyrrole nitrogens is 1. The highest BCUT2D eigenvalue weighted by Gasteiger charge is 2.52. The molecule has 0 bridgehead atoms. The van der Waals surface area contributed by atoms with Crippen molar-refractivity contribution in [3.05, 3.63) is 33.1 Å². The van der Waals surface area contributed by atoms with E-state index in [2.05, 4.69) is 0 Å². The lowest BCUT2D eigenvalue weighted by Crippen LogP contribution is -2.37. The molecule has 2 rings (SSSR count). The highest BCUT2D eigenvalue weighted by Crippen LogP contribution is 2.43. The molecule has 1 fully saturated rings. The molecular formula is C10H11F3N2O4. The summed E-state index contributed by atoms with van der Waals surface area (Å²) in [7, 11) is 0. The van der Waals surface area contributed by atoms with Crippen molar-refractivity contribution < 1.29 is 23.0 Å². The number of nitrogens with zero attached hydrogens (tertiary/aromatic N) is 1. The molecule has 0 unspecified atom stereocenters. The number of ether oxygens (including phenoxy) is 1. The van der Waals surface area contributed by atoms with Crippen LogP contribution in [-0.2, 0) is 4.74 Å². The van der Waals surface area contributed by atoms with Crippen molar-refractivity contribution in [3.63, 3.8) is 0 Å². The van der Waals surface area contributed by atoms with Gasteiger partial charge < -0.3 is 9.84 Å². The van der Waals surface area contributed by atoms with Gasteiger partial charge in [-0.25, -0.2) is 4.79 Å². The van der Waals surface area contributed by atoms with Gasteiger partial charge >= 0.3 is 11.9 Å². The van der Waals surface area contributed by atoms with Crippen molar-refractivity contribution in [2.24, 2.45) is 5.92 Å². The standard InChI is InChI=1S/C10H11F3N2O4/c11-10(12,13)6-3-5(4-16)19-8(6)15-2-1-7(17)14-9(15)18/h1-2,5-6,8,16H,3-4H2,(H,14,17,18)/t5-,6+,8-/m0/s1. The SMILES string of the molecule is O=c1ccn([C@H]2O[C@H](CO)C[C@H]2C(F)(F)F)c(=O)[nH]1. The summed E-state index contributed by atoms with van der Waals surface area (Å²) in [6.45, 7) is -0.568. The van der Waals surface area contributed by atoms with Crippen LogP contribution in [0.5, 0.6) is 0 Å². The minimum atomic E-state index is -4.57. The second-order valence-corrected chi connectivity index (χ2v) is 4.23. The van der Waals surface area contributed by atoms with Crippen molar-refractivity contribution in [3.8, 4) is 0 Å². The Labute approximate surface area is 104 Å². The second kappa shape index (κ2) is 4.82. The van der Waals surface area contributed by atoms with E-state index < -0.39 is 48.7 Å². The van der Waals surface area contributed by atoms with Gasteiger partial charge in [0, 0.05) is 12.3 Å². The van der Waals surface area contributed by atoms with Crippen LogP contribution in [0.2, 0.25) is 0 Å². The third kappa shape index (κ3) is 2.71. The maximum absolute atomic E-state index is 12.9. The van der Waals surface area contributed by atoms with Gasteiger partial charge in [-0.1, -0.05) is 0 Å². The molecule has 0 aromatic carbocycles. The molecule has 19 heavy (non-hydrogen) atoms. The molecule has 0 amide bonds. The Morgan fingerprint density at radius 3 is 2.68 bits per heavy atom. The molecule has 0 radical (unpaired) electrons. The molecule has 1 aliphatic heterocycles. The highest BCUT2D eigenvalue weighted by atomic mass is 19.4. The van der Waals surface area contributed by atoms with Gasteiger partial charge in [-0.3, -0.25) is 14.3 Å². The first-order valence-corrected chi connectivity index (χ1v) is 5.47. The third-order valence-corrected chi connectivity index (χ3v) is 2.94. The fourth-order valence-electron chi connectivity index (χ4n) is 2.05. The number of aromatic nitrogens is 2. The van der Waals surface area contributed by atoms with Gasteiger partial charge in [0.2, 0.25) is 0 Å². The quantitative estimate of drug-likeness (QED) is 0.798. The number of aromatic amines is 1. The van der Waals surface area contributed by atoms with Gasteiger partial charge in [-0.2, -0.15) is 13.2 Å². The van der Waals surface area contributed by atoms with Gasteiger partial charge in [0.25, 0.3) is 5.56 Å². The first kappa shape index (κ1) is 13.8. The summed E-state index contributed by atoms with van der Waals surface area (Å²) in [5, 5.41) is 8.89. The predicted octanol–water partition coefficient (Wildman–Crippen LogP) is -0.00510. The van der Waals surface area contributed by atoms with Crippen LogP contribution in [-0.4, -0.2) is 33.5 Å². The van der Waals surface area contributed by atoms with Crippen molar-refractivity contribution in [2.45, 2.75) is 24.9 Å². The van der Waals surface area contributed by atoms with E-state index in [0.29, 0.717) is 4.57 Å². The molecule has 2 N–H and O–H groups in total. The molecule has 1 saturated heterocycles. The second-order valence-electron chi connectivity index (χ2n) is 4.23. The first-order valence-electron chi connectivity index (χ1n) is 5.47. The number of hydrogen-bond donors (Lipinski definition) is 2. The van der Waals surface area contributed by atoms with E-state index in [9.17, 15) is 22.8 Å². The zero-order valence-corrected chi connectivity index (χ0v) is 9.55. The van der Waals surface area contributed by atoms with Crippen LogP contribution in [0, 0.1) is 5.92 Å². The Balaban J connectivity index is 2.40. The summed E-state index contributed by atoms with van der Waals surface area (Å²) in [5.41, 5.74) is -1.69. The lowest BCUT2D eigenvalue weighted by Gasteiger charge is -2.22. The summed E-state index contributed by atoms with van der Waals surface area (Å²) in [5.74, 6) is -1.91. The Morgan fingerprint density at radius 2 is 2.16 bits per heavy atom. The summed E-state index contributed by atoms with van der Waals surface area (Å²) in [4.78, 5) is 24.2. The maximum Gasteiger partial charge on any atom is 0.396 e. The van der Waals surface area contributed by atoms with Gasteiger partial charge in [0.15, 0.2) is 0 Å². The summed E-state index contributed by atoms with van der Waals surface area (Å²) < 4.78 is 44.3. The average molecular weight is 280 g/mol. The van der Waals surface area contributed by atoms with Crippen molar-refractivity contribution in [1.82, 2.24) is 9.55 Å². The van der Waals surface area contributed by atoms with Gasteiger partial charge in [-0.15, -0.1) is 0 Å². The summed E-state index contributed by atoms with van der Waals surface area (Å²) >= 11 is 0. The molecule has 106 valence electrons. The lowest BCUT2D eigenvalue weighted by atomic mass is 10.0. The zero-order valence-electron chi connectivity index (χ0n) is 9.55. The number of alkyl halides is 3. The predicted molar refractivity (Wildman–Crippen MR) is 56.5 cm³/mol. The van der Waals surface area contributed by atoms with E-state index >= 15 is 0 Å². The van der Waals surface area contributed by atoms with Crippen LogP contribution in [0.25, 0.3) is 0 Å².